The van der Waals surface area contributed by atoms with E-state index in [0.717, 1.165) is 5.56 Å². The van der Waals surface area contributed by atoms with E-state index in [0.29, 0.717) is 11.5 Å². The number of hydrogen-bond acceptors (Lipinski definition) is 4. The van der Waals surface area contributed by atoms with E-state index >= 15 is 0 Å². The summed E-state index contributed by atoms with van der Waals surface area (Å²) in [5, 5.41) is 2.81. The van der Waals surface area contributed by atoms with Crippen LogP contribution in [0.3, 0.4) is 0 Å². The number of esters is 1. The number of nitrogens with one attached hydrogen (secondary N) is 1. The van der Waals surface area contributed by atoms with Crippen LogP contribution in [0.4, 0.5) is 0 Å². The molecule has 0 heterocycles. The van der Waals surface area contributed by atoms with E-state index in [2.05, 4.69) is 5.32 Å². The Balaban J connectivity index is 1.58. The summed E-state index contributed by atoms with van der Waals surface area (Å²) in [6, 6.07) is 25.3. The number of carbonyl (C=O) groups is 2. The van der Waals surface area contributed by atoms with Gasteiger partial charge in [0.15, 0.2) is 6.61 Å². The van der Waals surface area contributed by atoms with Gasteiger partial charge in [0, 0.05) is 0 Å². The minimum Gasteiger partial charge on any atom is -0.456 e. The Kier molecular flexibility index (Phi) is 6.41. The summed E-state index contributed by atoms with van der Waals surface area (Å²) in [5.74, 6) is -0.00542. The van der Waals surface area contributed by atoms with Crippen LogP contribution in [-0.2, 0) is 9.53 Å². The number of amides is 1. The van der Waals surface area contributed by atoms with Gasteiger partial charge in [0.25, 0.3) is 5.91 Å². The van der Waals surface area contributed by atoms with E-state index in [4.69, 9.17) is 9.47 Å². The molecule has 0 spiro atoms. The van der Waals surface area contributed by atoms with Crippen LogP contribution in [0, 0.1) is 0 Å². The molecule has 28 heavy (non-hydrogen) atoms. The normalized spacial score (nSPS) is 11.3. The molecule has 0 aromatic heterocycles. The Bertz CT molecular complexity index is 926. The van der Waals surface area contributed by atoms with Gasteiger partial charge in [-0.25, -0.2) is 4.79 Å². The molecule has 3 aromatic rings. The van der Waals surface area contributed by atoms with Crippen molar-refractivity contribution >= 4 is 11.9 Å². The summed E-state index contributed by atoms with van der Waals surface area (Å²) in [7, 11) is 0. The molecule has 0 unspecified atom stereocenters. The molecular weight excluding hydrogens is 354 g/mol. The zero-order valence-corrected chi connectivity index (χ0v) is 15.5. The molecule has 3 aromatic carbocycles. The Morgan fingerprint density at radius 1 is 0.857 bits per heavy atom. The van der Waals surface area contributed by atoms with Gasteiger partial charge in [-0.15, -0.1) is 0 Å². The number of ether oxygens (including phenoxy) is 2. The lowest BCUT2D eigenvalue weighted by Crippen LogP contribution is -2.31. The first-order valence-corrected chi connectivity index (χ1v) is 8.97. The van der Waals surface area contributed by atoms with Crippen LogP contribution in [0.15, 0.2) is 84.9 Å². The summed E-state index contributed by atoms with van der Waals surface area (Å²) in [6.07, 6.45) is 0. The molecule has 1 atom stereocenters. The van der Waals surface area contributed by atoms with E-state index in [1.807, 2.05) is 55.5 Å². The summed E-state index contributed by atoms with van der Waals surface area (Å²) >= 11 is 0. The van der Waals surface area contributed by atoms with E-state index < -0.39 is 5.97 Å². The highest BCUT2D eigenvalue weighted by Gasteiger charge is 2.17. The first-order chi connectivity index (χ1) is 13.6. The maximum atomic E-state index is 12.4. The van der Waals surface area contributed by atoms with Gasteiger partial charge in [-0.2, -0.15) is 0 Å². The molecule has 0 aliphatic rings. The second kappa shape index (κ2) is 9.37. The largest absolute Gasteiger partial charge is 0.456 e. The number of hydrogen-bond donors (Lipinski definition) is 1. The minimum atomic E-state index is -0.617. The predicted octanol–water partition coefficient (Wildman–Crippen LogP) is 4.51. The van der Waals surface area contributed by atoms with Gasteiger partial charge in [-0.1, -0.05) is 60.7 Å². The molecule has 0 saturated carbocycles. The van der Waals surface area contributed by atoms with Crippen LogP contribution < -0.4 is 10.1 Å². The van der Waals surface area contributed by atoms with Gasteiger partial charge < -0.3 is 14.8 Å². The van der Waals surface area contributed by atoms with Crippen molar-refractivity contribution in [2.24, 2.45) is 0 Å². The first kappa shape index (κ1) is 19.2. The van der Waals surface area contributed by atoms with Crippen LogP contribution >= 0.6 is 0 Å². The standard InChI is InChI=1S/C23H21NO4/c1-17(18-10-4-2-5-11-18)24-22(25)16-27-23(26)20-14-8-9-15-21(20)28-19-12-6-3-7-13-19/h2-15,17H,16H2,1H3,(H,24,25)/t17-/m0/s1. The number of para-hydroxylation sites is 2. The SMILES string of the molecule is C[C@H](NC(=O)COC(=O)c1ccccc1Oc1ccccc1)c1ccccc1. The zero-order chi connectivity index (χ0) is 19.8. The van der Waals surface area contributed by atoms with Crippen LogP contribution in [0.1, 0.15) is 28.9 Å². The average molecular weight is 375 g/mol. The van der Waals surface area contributed by atoms with Crippen molar-refractivity contribution in [3.63, 3.8) is 0 Å². The van der Waals surface area contributed by atoms with Crippen LogP contribution in [0.2, 0.25) is 0 Å². The highest BCUT2D eigenvalue weighted by atomic mass is 16.5. The lowest BCUT2D eigenvalue weighted by molar-refractivity contribution is -0.124. The minimum absolute atomic E-state index is 0.180. The third-order valence-corrected chi connectivity index (χ3v) is 4.09. The number of carbonyl (C=O) groups excluding carboxylic acids is 2. The van der Waals surface area contributed by atoms with Crippen molar-refractivity contribution in [3.8, 4) is 11.5 Å². The molecule has 5 heteroatoms. The Morgan fingerprint density at radius 2 is 1.46 bits per heavy atom. The first-order valence-electron chi connectivity index (χ1n) is 8.97. The van der Waals surface area contributed by atoms with Gasteiger partial charge in [0.1, 0.15) is 17.1 Å². The highest BCUT2D eigenvalue weighted by Crippen LogP contribution is 2.25. The van der Waals surface area contributed by atoms with Gasteiger partial charge in [-0.05, 0) is 36.8 Å². The van der Waals surface area contributed by atoms with E-state index in [-0.39, 0.29) is 24.1 Å². The Hall–Kier alpha value is -3.60. The quantitative estimate of drug-likeness (QED) is 0.617. The van der Waals surface area contributed by atoms with Crippen LogP contribution in [0.25, 0.3) is 0 Å². The van der Waals surface area contributed by atoms with Crippen LogP contribution in [-0.4, -0.2) is 18.5 Å². The Morgan fingerprint density at radius 3 is 2.18 bits per heavy atom. The second-order valence-corrected chi connectivity index (χ2v) is 6.19. The average Bonchev–Trinajstić information content (AvgIpc) is 2.74. The molecule has 0 saturated heterocycles. The van der Waals surface area contributed by atoms with Crippen molar-refractivity contribution < 1.29 is 19.1 Å². The number of benzene rings is 3. The van der Waals surface area contributed by atoms with E-state index in [9.17, 15) is 9.59 Å². The third-order valence-electron chi connectivity index (χ3n) is 4.09. The number of rotatable bonds is 7. The smallest absolute Gasteiger partial charge is 0.342 e. The monoisotopic (exact) mass is 375 g/mol. The summed E-state index contributed by atoms with van der Waals surface area (Å²) in [5.41, 5.74) is 1.24. The second-order valence-electron chi connectivity index (χ2n) is 6.19. The van der Waals surface area contributed by atoms with Crippen molar-refractivity contribution in [1.29, 1.82) is 0 Å². The molecule has 3 rings (SSSR count). The van der Waals surface area contributed by atoms with Crippen molar-refractivity contribution in [1.82, 2.24) is 5.32 Å². The summed E-state index contributed by atoms with van der Waals surface area (Å²) in [4.78, 5) is 24.6. The molecule has 0 fully saturated rings. The Labute approximate surface area is 163 Å². The fourth-order valence-electron chi connectivity index (χ4n) is 2.66. The third kappa shape index (κ3) is 5.20. The van der Waals surface area contributed by atoms with Crippen molar-refractivity contribution in [3.05, 3.63) is 96.1 Å². The van der Waals surface area contributed by atoms with Gasteiger partial charge in [0.05, 0.1) is 6.04 Å². The molecule has 0 bridgehead atoms. The molecule has 1 amide bonds. The highest BCUT2D eigenvalue weighted by molar-refractivity contribution is 5.94. The fourth-order valence-corrected chi connectivity index (χ4v) is 2.66. The van der Waals surface area contributed by atoms with E-state index in [1.165, 1.54) is 0 Å². The maximum absolute atomic E-state index is 12.4. The topological polar surface area (TPSA) is 64.6 Å². The van der Waals surface area contributed by atoms with E-state index in [1.54, 1.807) is 36.4 Å². The molecular formula is C23H21NO4. The molecule has 5 nitrogen and oxygen atoms in total. The van der Waals surface area contributed by atoms with Crippen molar-refractivity contribution in [2.45, 2.75) is 13.0 Å². The molecule has 0 aliphatic heterocycles. The molecule has 1 N–H and O–H groups in total. The molecule has 142 valence electrons. The molecule has 0 radical (unpaired) electrons. The van der Waals surface area contributed by atoms with Gasteiger partial charge in [-0.3, -0.25) is 4.79 Å². The van der Waals surface area contributed by atoms with Gasteiger partial charge >= 0.3 is 5.97 Å². The summed E-state index contributed by atoms with van der Waals surface area (Å²) < 4.78 is 10.9. The lowest BCUT2D eigenvalue weighted by Gasteiger charge is -2.15. The fraction of sp³-hybridized carbons (Fsp3) is 0.130. The maximum Gasteiger partial charge on any atom is 0.342 e. The zero-order valence-electron chi connectivity index (χ0n) is 15.5. The van der Waals surface area contributed by atoms with Crippen LogP contribution in [0.5, 0.6) is 11.5 Å². The lowest BCUT2D eigenvalue weighted by atomic mass is 10.1. The molecule has 0 aliphatic carbocycles. The summed E-state index contributed by atoms with van der Waals surface area (Å²) in [6.45, 7) is 1.51. The van der Waals surface area contributed by atoms with Gasteiger partial charge in [0.2, 0.25) is 0 Å². The predicted molar refractivity (Wildman–Crippen MR) is 106 cm³/mol. The van der Waals surface area contributed by atoms with Crippen molar-refractivity contribution in [2.75, 3.05) is 6.61 Å².